The zero-order valence-electron chi connectivity index (χ0n) is 7.01. The van der Waals surface area contributed by atoms with Crippen LogP contribution in [0.1, 0.15) is 25.7 Å². The molecule has 2 N–H and O–H groups in total. The van der Waals surface area contributed by atoms with E-state index >= 15 is 0 Å². The molecular weight excluding hydrogens is 156 g/mol. The van der Waals surface area contributed by atoms with Gasteiger partial charge in [0.2, 0.25) is 0 Å². The van der Waals surface area contributed by atoms with E-state index in [1.54, 1.807) is 0 Å². The third-order valence-corrected chi connectivity index (χ3v) is 1.09. The second kappa shape index (κ2) is 13.1. The molecule has 0 aromatic heterocycles. The average molecular weight is 170 g/mol. The number of carbonyl (C=O) groups is 1. The molecule has 0 fully saturated rings. The smallest absolute Gasteiger partial charge is 0.577 e. The number of rotatable bonds is 5. The fourth-order valence-corrected chi connectivity index (χ4v) is 0.590. The summed E-state index contributed by atoms with van der Waals surface area (Å²) in [6, 6.07) is 0. The molecule has 0 bridgehead atoms. The molecule has 62 valence electrons. The second-order valence-electron chi connectivity index (χ2n) is 1.97. The van der Waals surface area contributed by atoms with E-state index in [0.717, 1.165) is 12.8 Å². The van der Waals surface area contributed by atoms with Crippen molar-refractivity contribution in [3.8, 4) is 0 Å². The van der Waals surface area contributed by atoms with E-state index in [1.165, 1.54) is 0 Å². The van der Waals surface area contributed by atoms with Crippen LogP contribution < -0.4 is 29.7 Å². The summed E-state index contributed by atoms with van der Waals surface area (Å²) in [7, 11) is 0. The molecule has 0 unspecified atom stereocenters. The van der Waals surface area contributed by atoms with E-state index in [0.29, 0.717) is 13.0 Å². The molecule has 11 heavy (non-hydrogen) atoms. The first-order valence-electron chi connectivity index (χ1n) is 3.17. The van der Waals surface area contributed by atoms with Gasteiger partial charge in [0.05, 0.1) is 0 Å². The minimum Gasteiger partial charge on any atom is -0.577 e. The van der Waals surface area contributed by atoms with Crippen molar-refractivity contribution in [1.82, 2.24) is 0 Å². The third-order valence-electron chi connectivity index (χ3n) is 1.09. The van der Waals surface area contributed by atoms with Crippen molar-refractivity contribution in [2.75, 3.05) is 6.54 Å². The maximum Gasteiger partial charge on any atom is 1.00 e. The fraction of sp³-hybridized carbons (Fsp3) is 0.833. The summed E-state index contributed by atoms with van der Waals surface area (Å²) in [5.41, 5.74) is 5.18. The van der Waals surface area contributed by atoms with Crippen LogP contribution in [0.5, 0.6) is 0 Å². The van der Waals surface area contributed by atoms with Crippen LogP contribution in [-0.2, 0) is 4.79 Å². The van der Waals surface area contributed by atoms with Gasteiger partial charge in [-0.1, -0.05) is 6.42 Å². The minimum atomic E-state index is -0.966. The van der Waals surface area contributed by atoms with Crippen LogP contribution in [0.2, 0.25) is 0 Å². The Balaban J connectivity index is -0.000000320. The van der Waals surface area contributed by atoms with Crippen molar-refractivity contribution in [2.24, 2.45) is 5.73 Å². The van der Waals surface area contributed by atoms with Crippen LogP contribution >= 0.6 is 9.90 Å². The molecule has 0 radical (unpaired) electrons. The molecule has 0 aromatic carbocycles. The molecule has 3 nitrogen and oxygen atoms in total. The summed E-state index contributed by atoms with van der Waals surface area (Å²) in [6.45, 7) is 0.646. The van der Waals surface area contributed by atoms with Crippen molar-refractivity contribution < 1.29 is 28.8 Å². The Morgan fingerprint density at radius 2 is 1.82 bits per heavy atom. The number of carboxylic acid groups (broad SMARTS) is 1. The van der Waals surface area contributed by atoms with Gasteiger partial charge in [-0.2, -0.15) is 0 Å². The van der Waals surface area contributed by atoms with Gasteiger partial charge in [-0.05, 0) is 25.8 Å². The Morgan fingerprint density at radius 1 is 1.27 bits per heavy atom. The summed E-state index contributed by atoms with van der Waals surface area (Å²) in [5.74, 6) is -0.966. The monoisotopic (exact) mass is 170 g/mol. The molecule has 0 amide bonds. The summed E-state index contributed by atoms with van der Waals surface area (Å²) in [4.78, 5) is 9.82. The van der Waals surface area contributed by atoms with E-state index in [9.17, 15) is 9.90 Å². The summed E-state index contributed by atoms with van der Waals surface area (Å²) in [6.07, 6.45) is 2.66. The van der Waals surface area contributed by atoms with E-state index in [1.807, 2.05) is 0 Å². The predicted octanol–water partition coefficient (Wildman–Crippen LogP) is -3.41. The van der Waals surface area contributed by atoms with Crippen molar-refractivity contribution in [1.29, 1.82) is 0 Å². The quantitative estimate of drug-likeness (QED) is 0.265. The second-order valence-corrected chi connectivity index (χ2v) is 1.97. The number of carbonyl (C=O) groups excluding carboxylic acids is 1. The first kappa shape index (κ1) is 17.5. The number of hydrogen-bond donors (Lipinski definition) is 1. The number of carboxylic acids is 1. The summed E-state index contributed by atoms with van der Waals surface area (Å²) in [5, 5.41) is 9.82. The Hall–Kier alpha value is 0.457. The molecule has 0 saturated heterocycles. The molecule has 0 aliphatic heterocycles. The van der Waals surface area contributed by atoms with E-state index in [4.69, 9.17) is 5.73 Å². The first-order valence-corrected chi connectivity index (χ1v) is 3.17. The van der Waals surface area contributed by atoms with Gasteiger partial charge in [0.1, 0.15) is 0 Å². The molecule has 0 atom stereocenters. The zero-order chi connectivity index (χ0) is 7.11. The van der Waals surface area contributed by atoms with E-state index < -0.39 is 5.97 Å². The maximum absolute atomic E-state index is 9.82. The third kappa shape index (κ3) is 17.9. The van der Waals surface area contributed by atoms with Gasteiger partial charge in [-0.15, -0.1) is 0 Å². The average Bonchev–Trinajstić information content (AvgIpc) is 1.80. The number of nitrogens with two attached hydrogens (primary N) is 1. The van der Waals surface area contributed by atoms with Crippen molar-refractivity contribution >= 4 is 15.9 Å². The van der Waals surface area contributed by atoms with Gasteiger partial charge in [0.15, 0.2) is 0 Å². The topological polar surface area (TPSA) is 66.2 Å². The SMILES string of the molecule is NCCCCCC(=O)[O-].[Li+].[PH2-]. The number of aliphatic carboxylic acids is 1. The van der Waals surface area contributed by atoms with Gasteiger partial charge in [0, 0.05) is 5.97 Å². The van der Waals surface area contributed by atoms with Gasteiger partial charge in [0.25, 0.3) is 0 Å². The number of hydrogen-bond acceptors (Lipinski definition) is 3. The van der Waals surface area contributed by atoms with Gasteiger partial charge >= 0.3 is 18.9 Å². The molecule has 5 heteroatoms. The van der Waals surface area contributed by atoms with Crippen LogP contribution in [-0.4, -0.2) is 12.5 Å². The predicted molar refractivity (Wildman–Crippen MR) is 42.2 cm³/mol. The van der Waals surface area contributed by atoms with Crippen molar-refractivity contribution in [2.45, 2.75) is 25.7 Å². The van der Waals surface area contributed by atoms with E-state index in [-0.39, 0.29) is 35.2 Å². The fourth-order valence-electron chi connectivity index (χ4n) is 0.590. The first-order chi connectivity index (χ1) is 4.27. The summed E-state index contributed by atoms with van der Waals surface area (Å²) < 4.78 is 0. The largest absolute Gasteiger partial charge is 1.00 e. The Kier molecular flexibility index (Phi) is 20.8. The van der Waals surface area contributed by atoms with Gasteiger partial charge < -0.3 is 25.5 Å². The van der Waals surface area contributed by atoms with Crippen LogP contribution in [0.3, 0.4) is 0 Å². The Bertz CT molecular complexity index is 92.7. The normalized spacial score (nSPS) is 7.73. The number of unbranched alkanes of at least 4 members (excludes halogenated alkanes) is 2. The Morgan fingerprint density at radius 3 is 2.18 bits per heavy atom. The molecule has 0 aliphatic carbocycles. The van der Waals surface area contributed by atoms with Crippen LogP contribution in [0.15, 0.2) is 0 Å². The molecule has 0 heterocycles. The van der Waals surface area contributed by atoms with E-state index in [2.05, 4.69) is 0 Å². The molecule has 0 aromatic rings. The standard InChI is InChI=1S/C6H13NO2.Li.H2P/c7-5-3-1-2-4-6(8)9;;/h1-5,7H2,(H,8,9);;1H2/q;+1;-1/p-1. The van der Waals surface area contributed by atoms with Gasteiger partial charge in [-0.3, -0.25) is 0 Å². The van der Waals surface area contributed by atoms with Crippen LogP contribution in [0.25, 0.3) is 0 Å². The molecule has 0 saturated carbocycles. The zero-order valence-corrected chi connectivity index (χ0v) is 8.16. The van der Waals surface area contributed by atoms with Crippen LogP contribution in [0.4, 0.5) is 0 Å². The maximum atomic E-state index is 9.82. The minimum absolute atomic E-state index is 0. The Labute approximate surface area is 82.9 Å². The van der Waals surface area contributed by atoms with Crippen LogP contribution in [0, 0.1) is 0 Å². The van der Waals surface area contributed by atoms with Crippen molar-refractivity contribution in [3.05, 3.63) is 0 Å². The molecule has 0 rings (SSSR count). The molecule has 0 aliphatic rings. The van der Waals surface area contributed by atoms with Gasteiger partial charge in [-0.25, -0.2) is 0 Å². The molecule has 0 spiro atoms. The van der Waals surface area contributed by atoms with Crippen molar-refractivity contribution in [3.63, 3.8) is 0 Å². The molecular formula is C6H14LiNO2P-. The summed E-state index contributed by atoms with van der Waals surface area (Å²) >= 11 is 0.